The summed E-state index contributed by atoms with van der Waals surface area (Å²) < 4.78 is 28.8. The first-order valence-corrected chi connectivity index (χ1v) is 8.53. The highest BCUT2D eigenvalue weighted by atomic mass is 19.2. The van der Waals surface area contributed by atoms with Crippen LogP contribution in [0.1, 0.15) is 10.4 Å². The molecule has 0 radical (unpaired) electrons. The minimum Gasteiger partial charge on any atom is -0.344 e. The van der Waals surface area contributed by atoms with Gasteiger partial charge in [-0.05, 0) is 24.3 Å². The maximum absolute atomic E-state index is 13.4. The van der Waals surface area contributed by atoms with E-state index in [1.54, 1.807) is 37.4 Å². The number of hydrogen-bond donors (Lipinski definition) is 2. The van der Waals surface area contributed by atoms with E-state index in [1.807, 2.05) is 0 Å². The van der Waals surface area contributed by atoms with Crippen molar-refractivity contribution in [3.05, 3.63) is 92.8 Å². The van der Waals surface area contributed by atoms with Crippen LogP contribution in [0.2, 0.25) is 0 Å². The Kier molecular flexibility index (Phi) is 4.34. The van der Waals surface area contributed by atoms with Crippen molar-refractivity contribution in [2.75, 3.05) is 5.32 Å². The van der Waals surface area contributed by atoms with Crippen molar-refractivity contribution < 1.29 is 13.6 Å². The zero-order valence-corrected chi connectivity index (χ0v) is 15.1. The second-order valence-corrected chi connectivity index (χ2v) is 6.37. The Morgan fingerprint density at radius 1 is 1.03 bits per heavy atom. The van der Waals surface area contributed by atoms with Gasteiger partial charge in [-0.25, -0.2) is 18.1 Å². The monoisotopic (exact) mass is 396 g/mol. The molecular formula is C20H14F2N4O3. The fourth-order valence-corrected chi connectivity index (χ4v) is 3.13. The molecule has 0 aliphatic rings. The number of carbonyl (C=O) groups excluding carboxylic acids is 1. The molecule has 29 heavy (non-hydrogen) atoms. The summed E-state index contributed by atoms with van der Waals surface area (Å²) in [6.45, 7) is 0. The van der Waals surface area contributed by atoms with Gasteiger partial charge in [0.2, 0.25) is 0 Å². The van der Waals surface area contributed by atoms with Crippen molar-refractivity contribution in [3.8, 4) is 5.69 Å². The molecule has 0 bridgehead atoms. The fourth-order valence-electron chi connectivity index (χ4n) is 3.13. The number of fused-ring (bicyclic) bond motifs is 1. The minimum absolute atomic E-state index is 0.0154. The number of aromatic nitrogens is 3. The van der Waals surface area contributed by atoms with Crippen molar-refractivity contribution >= 4 is 22.6 Å². The lowest BCUT2D eigenvalue weighted by Crippen LogP contribution is -2.34. The average Bonchev–Trinajstić information content (AvgIpc) is 3.02. The zero-order valence-electron chi connectivity index (χ0n) is 15.1. The van der Waals surface area contributed by atoms with Gasteiger partial charge in [0.15, 0.2) is 11.6 Å². The lowest BCUT2D eigenvalue weighted by molar-refractivity contribution is 0.102. The van der Waals surface area contributed by atoms with Crippen molar-refractivity contribution in [2.24, 2.45) is 7.05 Å². The molecule has 4 aromatic rings. The number of halogens is 2. The topological polar surface area (TPSA) is 88.9 Å². The van der Waals surface area contributed by atoms with Crippen LogP contribution in [0.3, 0.4) is 0 Å². The predicted octanol–water partition coefficient (Wildman–Crippen LogP) is 2.55. The second-order valence-electron chi connectivity index (χ2n) is 6.37. The van der Waals surface area contributed by atoms with Crippen LogP contribution in [-0.2, 0) is 7.05 Å². The van der Waals surface area contributed by atoms with Gasteiger partial charge in [-0.1, -0.05) is 18.2 Å². The number of nitrogens with zero attached hydrogens (tertiary/aromatic N) is 2. The third-order valence-corrected chi connectivity index (χ3v) is 4.46. The van der Waals surface area contributed by atoms with Crippen molar-refractivity contribution in [2.45, 2.75) is 0 Å². The summed E-state index contributed by atoms with van der Waals surface area (Å²) in [5.41, 5.74) is -0.702. The first-order chi connectivity index (χ1) is 13.9. The van der Waals surface area contributed by atoms with E-state index in [0.717, 1.165) is 16.7 Å². The molecule has 4 rings (SSSR count). The Hall–Kier alpha value is -4.01. The van der Waals surface area contributed by atoms with E-state index in [2.05, 4.69) is 10.3 Å². The van der Waals surface area contributed by atoms with Crippen LogP contribution >= 0.6 is 0 Å². The molecule has 0 aliphatic heterocycles. The maximum Gasteiger partial charge on any atom is 0.333 e. The van der Waals surface area contributed by atoms with Crippen molar-refractivity contribution in [1.29, 1.82) is 0 Å². The molecule has 0 spiro atoms. The first kappa shape index (κ1) is 18.4. The molecule has 2 aromatic carbocycles. The third-order valence-electron chi connectivity index (χ3n) is 4.46. The smallest absolute Gasteiger partial charge is 0.333 e. The van der Waals surface area contributed by atoms with Crippen LogP contribution in [-0.4, -0.2) is 20.0 Å². The zero-order chi connectivity index (χ0) is 20.7. The average molecular weight is 396 g/mol. The number of aryl methyl sites for hydroxylation is 1. The number of anilines is 1. The second kappa shape index (κ2) is 6.86. The fraction of sp³-hybridized carbons (Fsp3) is 0.0500. The molecule has 0 unspecified atom stereocenters. The van der Waals surface area contributed by atoms with Gasteiger partial charge in [-0.15, -0.1) is 0 Å². The van der Waals surface area contributed by atoms with Crippen molar-refractivity contribution in [1.82, 2.24) is 14.1 Å². The van der Waals surface area contributed by atoms with Crippen molar-refractivity contribution in [3.63, 3.8) is 0 Å². The van der Waals surface area contributed by atoms with Crippen LogP contribution in [0.4, 0.5) is 14.5 Å². The highest BCUT2D eigenvalue weighted by molar-refractivity contribution is 6.11. The predicted molar refractivity (Wildman–Crippen MR) is 103 cm³/mol. The number of rotatable bonds is 3. The number of hydrogen-bond acceptors (Lipinski definition) is 3. The molecule has 0 saturated carbocycles. The van der Waals surface area contributed by atoms with Gasteiger partial charge in [0.05, 0.1) is 16.8 Å². The van der Waals surface area contributed by atoms with Crippen LogP contribution in [0, 0.1) is 11.6 Å². The molecule has 0 fully saturated rings. The highest BCUT2D eigenvalue weighted by Crippen LogP contribution is 2.18. The number of amides is 1. The van der Waals surface area contributed by atoms with Gasteiger partial charge in [0, 0.05) is 25.0 Å². The Morgan fingerprint density at radius 2 is 1.76 bits per heavy atom. The van der Waals surface area contributed by atoms with E-state index in [0.29, 0.717) is 5.69 Å². The summed E-state index contributed by atoms with van der Waals surface area (Å²) in [5, 5.41) is 2.43. The Balaban J connectivity index is 1.83. The summed E-state index contributed by atoms with van der Waals surface area (Å²) in [6, 6.07) is 11.3. The summed E-state index contributed by atoms with van der Waals surface area (Å²) in [4.78, 5) is 40.7. The van der Waals surface area contributed by atoms with Crippen LogP contribution < -0.4 is 16.6 Å². The summed E-state index contributed by atoms with van der Waals surface area (Å²) >= 11 is 0. The van der Waals surface area contributed by atoms with Gasteiger partial charge in [0.1, 0.15) is 5.52 Å². The standard InChI is InChI=1S/C20H14F2N4O3/c1-25-10-13(18(27)23-11-7-8-14(21)15(22)9-11)16-17(25)19(28)26(20(29)24-16)12-5-3-2-4-6-12/h2-10H,1H3,(H,23,27)(H,24,29). The van der Waals surface area contributed by atoms with Gasteiger partial charge >= 0.3 is 5.69 Å². The number of H-pyrrole nitrogens is 1. The van der Waals surface area contributed by atoms with E-state index in [9.17, 15) is 23.2 Å². The van der Waals surface area contributed by atoms with E-state index in [1.165, 1.54) is 16.8 Å². The summed E-state index contributed by atoms with van der Waals surface area (Å²) in [6.07, 6.45) is 1.38. The molecule has 1 amide bonds. The van der Waals surface area contributed by atoms with Crippen LogP contribution in [0.15, 0.2) is 64.3 Å². The van der Waals surface area contributed by atoms with Gasteiger partial charge in [-0.3, -0.25) is 9.59 Å². The number of carbonyl (C=O) groups is 1. The van der Waals surface area contributed by atoms with Gasteiger partial charge < -0.3 is 14.9 Å². The molecular weight excluding hydrogens is 382 g/mol. The Morgan fingerprint density at radius 3 is 2.45 bits per heavy atom. The molecule has 0 aliphatic carbocycles. The molecule has 2 heterocycles. The number of para-hydroxylation sites is 1. The SMILES string of the molecule is Cn1cc(C(=O)Nc2ccc(F)c(F)c2)c2[nH]c(=O)n(-c3ccccc3)c(=O)c21. The third kappa shape index (κ3) is 3.12. The molecule has 2 N–H and O–H groups in total. The number of aromatic amines is 1. The first-order valence-electron chi connectivity index (χ1n) is 8.53. The molecule has 7 nitrogen and oxygen atoms in total. The molecule has 0 saturated heterocycles. The van der Waals surface area contributed by atoms with E-state index >= 15 is 0 Å². The normalized spacial score (nSPS) is 11.0. The van der Waals surface area contributed by atoms with Gasteiger partial charge in [0.25, 0.3) is 11.5 Å². The Labute approximate surface area is 161 Å². The lowest BCUT2D eigenvalue weighted by atomic mass is 10.2. The summed E-state index contributed by atoms with van der Waals surface area (Å²) in [7, 11) is 1.56. The van der Waals surface area contributed by atoms with Gasteiger partial charge in [-0.2, -0.15) is 0 Å². The molecule has 9 heteroatoms. The van der Waals surface area contributed by atoms with E-state index < -0.39 is 28.8 Å². The largest absolute Gasteiger partial charge is 0.344 e. The van der Waals surface area contributed by atoms with Crippen LogP contribution in [0.5, 0.6) is 0 Å². The highest BCUT2D eigenvalue weighted by Gasteiger charge is 2.20. The minimum atomic E-state index is -1.11. The molecule has 146 valence electrons. The lowest BCUT2D eigenvalue weighted by Gasteiger charge is -2.06. The maximum atomic E-state index is 13.4. The molecule has 2 aromatic heterocycles. The van der Waals surface area contributed by atoms with E-state index in [-0.39, 0.29) is 22.3 Å². The number of nitrogens with one attached hydrogen (secondary N) is 2. The van der Waals surface area contributed by atoms with Crippen LogP contribution in [0.25, 0.3) is 16.7 Å². The van der Waals surface area contributed by atoms with E-state index in [4.69, 9.17) is 0 Å². The molecule has 0 atom stereocenters. The Bertz CT molecular complexity index is 1370. The number of benzene rings is 2. The quantitative estimate of drug-likeness (QED) is 0.558. The summed E-state index contributed by atoms with van der Waals surface area (Å²) in [5.74, 6) is -2.84.